The lowest BCUT2D eigenvalue weighted by Gasteiger charge is -2.53. The van der Waals surface area contributed by atoms with Crippen LogP contribution in [0.5, 0.6) is 5.75 Å². The van der Waals surface area contributed by atoms with Gasteiger partial charge in [-0.25, -0.2) is 0 Å². The zero-order valence-corrected chi connectivity index (χ0v) is 14.5. The average molecular weight is 300 g/mol. The maximum absolute atomic E-state index is 12.3. The van der Waals surface area contributed by atoms with Gasteiger partial charge in [-0.05, 0) is 52.8 Å². The van der Waals surface area contributed by atoms with E-state index in [4.69, 9.17) is 0 Å². The van der Waals surface area contributed by atoms with Crippen molar-refractivity contribution < 1.29 is 9.90 Å². The number of hydrogen-bond acceptors (Lipinski definition) is 2. The largest absolute Gasteiger partial charge is 0.508 e. The summed E-state index contributed by atoms with van der Waals surface area (Å²) >= 11 is 0. The fourth-order valence-electron chi connectivity index (χ4n) is 5.23. The van der Waals surface area contributed by atoms with Gasteiger partial charge >= 0.3 is 0 Å². The summed E-state index contributed by atoms with van der Waals surface area (Å²) in [5, 5.41) is 10.5. The number of aromatic hydroxyl groups is 1. The molecule has 0 aliphatic heterocycles. The predicted octanol–water partition coefficient (Wildman–Crippen LogP) is 4.72. The van der Waals surface area contributed by atoms with Crippen LogP contribution in [0.3, 0.4) is 0 Å². The van der Waals surface area contributed by atoms with Gasteiger partial charge in [0.05, 0.1) is 0 Å². The molecule has 2 unspecified atom stereocenters. The summed E-state index contributed by atoms with van der Waals surface area (Å²) in [6, 6.07) is 4.15. The second-order valence-corrected chi connectivity index (χ2v) is 8.61. The molecule has 0 spiro atoms. The Hall–Kier alpha value is -1.31. The van der Waals surface area contributed by atoms with Crippen LogP contribution in [0.4, 0.5) is 0 Å². The molecule has 2 aliphatic rings. The van der Waals surface area contributed by atoms with Gasteiger partial charge in [0, 0.05) is 18.3 Å². The highest BCUT2D eigenvalue weighted by Gasteiger charge is 2.52. The van der Waals surface area contributed by atoms with Crippen molar-refractivity contribution in [3.63, 3.8) is 0 Å². The number of rotatable bonds is 1. The molecule has 2 heteroatoms. The van der Waals surface area contributed by atoms with Crippen molar-refractivity contribution >= 4 is 5.78 Å². The Labute approximate surface area is 133 Å². The molecular weight excluding hydrogens is 272 g/mol. The molecule has 1 aromatic carbocycles. The van der Waals surface area contributed by atoms with Gasteiger partial charge in [0.15, 0.2) is 0 Å². The Morgan fingerprint density at radius 3 is 2.50 bits per heavy atom. The number of fused-ring (bicyclic) bond motifs is 3. The summed E-state index contributed by atoms with van der Waals surface area (Å²) in [5.41, 5.74) is 3.51. The maximum atomic E-state index is 12.3. The monoisotopic (exact) mass is 300 g/mol. The number of hydrogen-bond donors (Lipinski definition) is 1. The first-order chi connectivity index (χ1) is 10.1. The number of phenols is 1. The molecule has 120 valence electrons. The third-order valence-electron chi connectivity index (χ3n) is 6.12. The quantitative estimate of drug-likeness (QED) is 0.814. The van der Waals surface area contributed by atoms with Crippen LogP contribution < -0.4 is 0 Å². The Bertz CT molecular complexity index is 627. The van der Waals surface area contributed by atoms with Crippen LogP contribution in [0.2, 0.25) is 0 Å². The highest BCUT2D eigenvalue weighted by atomic mass is 16.3. The second-order valence-electron chi connectivity index (χ2n) is 8.61. The van der Waals surface area contributed by atoms with Gasteiger partial charge in [0.25, 0.3) is 0 Å². The van der Waals surface area contributed by atoms with Gasteiger partial charge in [0.1, 0.15) is 11.5 Å². The van der Waals surface area contributed by atoms with Gasteiger partial charge in [-0.15, -0.1) is 0 Å². The minimum atomic E-state index is -0.126. The Morgan fingerprint density at radius 1 is 1.18 bits per heavy atom. The number of carbonyl (C=O) groups is 1. The van der Waals surface area contributed by atoms with Crippen LogP contribution in [-0.4, -0.2) is 10.9 Å². The van der Waals surface area contributed by atoms with Gasteiger partial charge in [-0.1, -0.05) is 40.7 Å². The van der Waals surface area contributed by atoms with Gasteiger partial charge in [0.2, 0.25) is 0 Å². The molecule has 1 N–H and O–H groups in total. The van der Waals surface area contributed by atoms with Crippen LogP contribution in [0.1, 0.15) is 76.5 Å². The molecule has 0 heterocycles. The van der Waals surface area contributed by atoms with Crippen LogP contribution in [0.15, 0.2) is 12.1 Å². The van der Waals surface area contributed by atoms with E-state index >= 15 is 0 Å². The second kappa shape index (κ2) is 4.84. The van der Waals surface area contributed by atoms with Crippen LogP contribution in [-0.2, 0) is 16.6 Å². The third-order valence-corrected chi connectivity index (χ3v) is 6.12. The molecule has 0 bridgehead atoms. The number of Topliss-reactive ketones (excluding diaryl/α,β-unsaturated/α-hetero) is 1. The van der Waals surface area contributed by atoms with E-state index in [1.165, 1.54) is 11.1 Å². The van der Waals surface area contributed by atoms with Crippen LogP contribution in [0, 0.1) is 11.3 Å². The molecule has 2 atom stereocenters. The van der Waals surface area contributed by atoms with Crippen LogP contribution in [0.25, 0.3) is 0 Å². The number of ketones is 1. The fourth-order valence-corrected chi connectivity index (χ4v) is 5.23. The molecule has 3 rings (SSSR count). The molecule has 0 radical (unpaired) electrons. The highest BCUT2D eigenvalue weighted by molar-refractivity contribution is 5.82. The first-order valence-corrected chi connectivity index (χ1v) is 8.53. The van der Waals surface area contributed by atoms with E-state index in [-0.39, 0.29) is 10.8 Å². The lowest BCUT2D eigenvalue weighted by Crippen LogP contribution is -2.50. The summed E-state index contributed by atoms with van der Waals surface area (Å²) in [4.78, 5) is 12.3. The van der Waals surface area contributed by atoms with E-state index in [0.29, 0.717) is 36.2 Å². The molecule has 0 amide bonds. The van der Waals surface area contributed by atoms with Crippen molar-refractivity contribution in [3.05, 3.63) is 28.8 Å². The van der Waals surface area contributed by atoms with E-state index in [1.807, 2.05) is 6.07 Å². The van der Waals surface area contributed by atoms with Crippen molar-refractivity contribution in [1.82, 2.24) is 0 Å². The number of benzene rings is 1. The molecule has 0 aromatic heterocycles. The Morgan fingerprint density at radius 2 is 1.86 bits per heavy atom. The third kappa shape index (κ3) is 2.19. The van der Waals surface area contributed by atoms with E-state index in [0.717, 1.165) is 18.4 Å². The lowest BCUT2D eigenvalue weighted by atomic mass is 9.50. The zero-order chi connectivity index (χ0) is 16.3. The number of aryl methyl sites for hydroxylation is 1. The average Bonchev–Trinajstić information content (AvgIpc) is 2.36. The van der Waals surface area contributed by atoms with Gasteiger partial charge in [-0.3, -0.25) is 4.79 Å². The van der Waals surface area contributed by atoms with Crippen molar-refractivity contribution in [3.8, 4) is 5.75 Å². The van der Waals surface area contributed by atoms with Gasteiger partial charge < -0.3 is 5.11 Å². The predicted molar refractivity (Wildman–Crippen MR) is 89.4 cm³/mol. The van der Waals surface area contributed by atoms with E-state index in [2.05, 4.69) is 40.7 Å². The molecule has 1 fully saturated rings. The van der Waals surface area contributed by atoms with Crippen molar-refractivity contribution in [2.24, 2.45) is 11.3 Å². The fraction of sp³-hybridized carbons (Fsp3) is 0.650. The van der Waals surface area contributed by atoms with E-state index in [1.54, 1.807) is 0 Å². The molecule has 2 aliphatic carbocycles. The molecule has 22 heavy (non-hydrogen) atoms. The standard InChI is InChI=1S/C20H28O2/c1-12(2)15-8-13-6-7-18-19(3,4)10-14(21)11-20(18,5)16(13)9-17(15)22/h8-9,12,18,22H,6-7,10-11H2,1-5H3. The summed E-state index contributed by atoms with van der Waals surface area (Å²) in [6.45, 7) is 10.9. The highest BCUT2D eigenvalue weighted by Crippen LogP contribution is 2.56. The van der Waals surface area contributed by atoms with Crippen molar-refractivity contribution in [2.75, 3.05) is 0 Å². The first-order valence-electron chi connectivity index (χ1n) is 8.53. The molecule has 2 nitrogen and oxygen atoms in total. The smallest absolute Gasteiger partial charge is 0.134 e. The molecule has 1 saturated carbocycles. The maximum Gasteiger partial charge on any atom is 0.134 e. The summed E-state index contributed by atoms with van der Waals surface area (Å²) in [7, 11) is 0. The van der Waals surface area contributed by atoms with Crippen LogP contribution >= 0.6 is 0 Å². The van der Waals surface area contributed by atoms with Gasteiger partial charge in [-0.2, -0.15) is 0 Å². The minimum absolute atomic E-state index is 0.0497. The summed E-state index contributed by atoms with van der Waals surface area (Å²) < 4.78 is 0. The number of carbonyl (C=O) groups excluding carboxylic acids is 1. The van der Waals surface area contributed by atoms with Crippen molar-refractivity contribution in [2.45, 2.75) is 71.6 Å². The SMILES string of the molecule is CC(C)c1cc2c(cc1O)C1(C)CC(=O)CC(C)(C)C1CC2. The number of phenolic OH excluding ortho intramolecular Hbond substituents is 1. The van der Waals surface area contributed by atoms with E-state index < -0.39 is 0 Å². The zero-order valence-electron chi connectivity index (χ0n) is 14.5. The first kappa shape index (κ1) is 15.6. The molecule has 1 aromatic rings. The molecule has 0 saturated heterocycles. The Kier molecular flexibility index (Phi) is 3.43. The lowest BCUT2D eigenvalue weighted by molar-refractivity contribution is -0.129. The summed E-state index contributed by atoms with van der Waals surface area (Å²) in [6.07, 6.45) is 3.52. The van der Waals surface area contributed by atoms with Crippen molar-refractivity contribution in [1.29, 1.82) is 0 Å². The molecular formula is C20H28O2. The Balaban J connectivity index is 2.16. The normalized spacial score (nSPS) is 30.1. The minimum Gasteiger partial charge on any atom is -0.508 e. The van der Waals surface area contributed by atoms with E-state index in [9.17, 15) is 9.90 Å². The summed E-state index contributed by atoms with van der Waals surface area (Å²) in [5.74, 6) is 1.59. The topological polar surface area (TPSA) is 37.3 Å².